The first kappa shape index (κ1) is 15.9. The zero-order valence-electron chi connectivity index (χ0n) is 13.0. The molecule has 0 fully saturated rings. The lowest BCUT2D eigenvalue weighted by atomic mass is 10.1. The SMILES string of the molecule is COC(Cc1ccccc1)c1nc2cc(C(=O)O)ccc2c(=O)[nH]1. The van der Waals surface area contributed by atoms with Gasteiger partial charge in [0.15, 0.2) is 0 Å². The number of hydrogen-bond acceptors (Lipinski definition) is 4. The Hall–Kier alpha value is -2.99. The molecule has 2 aromatic carbocycles. The van der Waals surface area contributed by atoms with E-state index in [9.17, 15) is 9.59 Å². The van der Waals surface area contributed by atoms with E-state index < -0.39 is 12.1 Å². The Morgan fingerprint density at radius 2 is 2.00 bits per heavy atom. The summed E-state index contributed by atoms with van der Waals surface area (Å²) in [6.07, 6.45) is 0.114. The fraction of sp³-hybridized carbons (Fsp3) is 0.167. The lowest BCUT2D eigenvalue weighted by molar-refractivity contribution is 0.0697. The topological polar surface area (TPSA) is 92.3 Å². The molecule has 2 N–H and O–H groups in total. The minimum Gasteiger partial charge on any atom is -0.478 e. The summed E-state index contributed by atoms with van der Waals surface area (Å²) in [7, 11) is 1.55. The van der Waals surface area contributed by atoms with Crippen LogP contribution in [0.15, 0.2) is 53.3 Å². The number of carboxylic acids is 1. The number of ether oxygens (including phenoxy) is 1. The second-order valence-corrected chi connectivity index (χ2v) is 5.40. The molecule has 1 aromatic heterocycles. The highest BCUT2D eigenvalue weighted by Gasteiger charge is 2.16. The fourth-order valence-electron chi connectivity index (χ4n) is 2.56. The highest BCUT2D eigenvalue weighted by Crippen LogP contribution is 2.20. The van der Waals surface area contributed by atoms with Crippen LogP contribution in [0.2, 0.25) is 0 Å². The molecule has 6 heteroatoms. The van der Waals surface area contributed by atoms with Crippen LogP contribution >= 0.6 is 0 Å². The molecule has 3 rings (SSSR count). The van der Waals surface area contributed by atoms with E-state index >= 15 is 0 Å². The molecule has 0 amide bonds. The van der Waals surface area contributed by atoms with Gasteiger partial charge in [-0.1, -0.05) is 30.3 Å². The van der Waals surface area contributed by atoms with Crippen LogP contribution in [0.1, 0.15) is 27.8 Å². The summed E-state index contributed by atoms with van der Waals surface area (Å²) in [6, 6.07) is 14.0. The number of nitrogens with one attached hydrogen (secondary N) is 1. The molecular formula is C18H16N2O4. The van der Waals surface area contributed by atoms with Crippen molar-refractivity contribution in [3.8, 4) is 0 Å². The summed E-state index contributed by atoms with van der Waals surface area (Å²) in [4.78, 5) is 30.5. The van der Waals surface area contributed by atoms with Gasteiger partial charge in [0, 0.05) is 13.5 Å². The molecule has 1 atom stereocenters. The molecule has 6 nitrogen and oxygen atoms in total. The normalized spacial score (nSPS) is 12.2. The van der Waals surface area contributed by atoms with Crippen molar-refractivity contribution in [1.82, 2.24) is 9.97 Å². The molecule has 3 aromatic rings. The van der Waals surface area contributed by atoms with Crippen LogP contribution < -0.4 is 5.56 Å². The van der Waals surface area contributed by atoms with Crippen molar-refractivity contribution in [2.45, 2.75) is 12.5 Å². The largest absolute Gasteiger partial charge is 0.478 e. The smallest absolute Gasteiger partial charge is 0.335 e. The number of benzene rings is 2. The Kier molecular flexibility index (Phi) is 4.39. The van der Waals surface area contributed by atoms with Gasteiger partial charge in [-0.25, -0.2) is 9.78 Å². The first-order valence-corrected chi connectivity index (χ1v) is 7.42. The number of aromatic amines is 1. The Labute approximate surface area is 137 Å². The zero-order valence-corrected chi connectivity index (χ0v) is 13.0. The lowest BCUT2D eigenvalue weighted by Crippen LogP contribution is -2.17. The van der Waals surface area contributed by atoms with E-state index in [-0.39, 0.29) is 11.1 Å². The van der Waals surface area contributed by atoms with Crippen LogP contribution in [0, 0.1) is 0 Å². The maximum absolute atomic E-state index is 12.3. The first-order valence-electron chi connectivity index (χ1n) is 7.42. The third-order valence-electron chi connectivity index (χ3n) is 3.83. The second kappa shape index (κ2) is 6.64. The summed E-state index contributed by atoms with van der Waals surface area (Å²) < 4.78 is 5.47. The van der Waals surface area contributed by atoms with Gasteiger partial charge in [0.2, 0.25) is 0 Å². The van der Waals surface area contributed by atoms with Gasteiger partial charge in [-0.2, -0.15) is 0 Å². The molecule has 0 aliphatic carbocycles. The number of fused-ring (bicyclic) bond motifs is 1. The number of carboxylic acid groups (broad SMARTS) is 1. The predicted molar refractivity (Wildman–Crippen MR) is 89.2 cm³/mol. The quantitative estimate of drug-likeness (QED) is 0.752. The molecule has 1 heterocycles. The number of aromatic carboxylic acids is 1. The molecule has 0 bridgehead atoms. The molecule has 24 heavy (non-hydrogen) atoms. The van der Waals surface area contributed by atoms with E-state index in [0.717, 1.165) is 5.56 Å². The first-order chi connectivity index (χ1) is 11.6. The lowest BCUT2D eigenvalue weighted by Gasteiger charge is -2.15. The number of methoxy groups -OCH3 is 1. The monoisotopic (exact) mass is 324 g/mol. The third kappa shape index (κ3) is 3.18. The van der Waals surface area contributed by atoms with Crippen LogP contribution in [0.5, 0.6) is 0 Å². The Morgan fingerprint density at radius 1 is 1.25 bits per heavy atom. The Morgan fingerprint density at radius 3 is 2.67 bits per heavy atom. The van der Waals surface area contributed by atoms with E-state index in [4.69, 9.17) is 9.84 Å². The van der Waals surface area contributed by atoms with Gasteiger partial charge in [0.1, 0.15) is 11.9 Å². The van der Waals surface area contributed by atoms with Gasteiger partial charge in [-0.3, -0.25) is 4.79 Å². The second-order valence-electron chi connectivity index (χ2n) is 5.40. The van der Waals surface area contributed by atoms with Crippen molar-refractivity contribution in [2.24, 2.45) is 0 Å². The van der Waals surface area contributed by atoms with Crippen LogP contribution in [-0.2, 0) is 11.2 Å². The maximum Gasteiger partial charge on any atom is 0.335 e. The predicted octanol–water partition coefficient (Wildman–Crippen LogP) is 2.55. The summed E-state index contributed by atoms with van der Waals surface area (Å²) in [5.74, 6) is -0.686. The van der Waals surface area contributed by atoms with E-state index in [0.29, 0.717) is 23.1 Å². The van der Waals surface area contributed by atoms with Crippen LogP contribution in [0.4, 0.5) is 0 Å². The van der Waals surface area contributed by atoms with E-state index in [2.05, 4.69) is 9.97 Å². The molecule has 0 saturated carbocycles. The number of aromatic nitrogens is 2. The molecule has 0 spiro atoms. The van der Waals surface area contributed by atoms with Crippen molar-refractivity contribution >= 4 is 16.9 Å². The van der Waals surface area contributed by atoms with Crippen LogP contribution in [0.3, 0.4) is 0 Å². The number of H-pyrrole nitrogens is 1. The minimum atomic E-state index is -1.06. The highest BCUT2D eigenvalue weighted by atomic mass is 16.5. The van der Waals surface area contributed by atoms with Crippen molar-refractivity contribution in [1.29, 1.82) is 0 Å². The molecule has 0 aliphatic heterocycles. The maximum atomic E-state index is 12.3. The van der Waals surface area contributed by atoms with E-state index in [1.807, 2.05) is 30.3 Å². The van der Waals surface area contributed by atoms with Crippen molar-refractivity contribution < 1.29 is 14.6 Å². The van der Waals surface area contributed by atoms with Gasteiger partial charge >= 0.3 is 5.97 Å². The number of carbonyl (C=O) groups is 1. The molecule has 0 aliphatic rings. The minimum absolute atomic E-state index is 0.0866. The fourth-order valence-corrected chi connectivity index (χ4v) is 2.56. The van der Waals surface area contributed by atoms with Gasteiger partial charge in [-0.15, -0.1) is 0 Å². The molecule has 0 saturated heterocycles. The molecular weight excluding hydrogens is 308 g/mol. The molecule has 1 unspecified atom stereocenters. The Bertz CT molecular complexity index is 935. The summed E-state index contributed by atoms with van der Waals surface area (Å²) in [5.41, 5.74) is 1.15. The number of rotatable bonds is 5. The summed E-state index contributed by atoms with van der Waals surface area (Å²) in [5, 5.41) is 9.44. The molecule has 0 radical (unpaired) electrons. The highest BCUT2D eigenvalue weighted by molar-refractivity contribution is 5.92. The van der Waals surface area contributed by atoms with E-state index in [1.165, 1.54) is 18.2 Å². The number of nitrogens with zero attached hydrogens (tertiary/aromatic N) is 1. The van der Waals surface area contributed by atoms with Crippen LogP contribution in [-0.4, -0.2) is 28.2 Å². The van der Waals surface area contributed by atoms with Crippen molar-refractivity contribution in [3.63, 3.8) is 0 Å². The van der Waals surface area contributed by atoms with Gasteiger partial charge in [0.05, 0.1) is 16.5 Å². The van der Waals surface area contributed by atoms with Gasteiger partial charge < -0.3 is 14.8 Å². The number of hydrogen-bond donors (Lipinski definition) is 2. The van der Waals surface area contributed by atoms with E-state index in [1.54, 1.807) is 7.11 Å². The van der Waals surface area contributed by atoms with Crippen molar-refractivity contribution in [2.75, 3.05) is 7.11 Å². The van der Waals surface area contributed by atoms with Gasteiger partial charge in [0.25, 0.3) is 5.56 Å². The summed E-state index contributed by atoms with van der Waals surface area (Å²) >= 11 is 0. The zero-order chi connectivity index (χ0) is 17.1. The standard InChI is InChI=1S/C18H16N2O4/c1-24-15(9-11-5-3-2-4-6-11)16-19-14-10-12(18(22)23)7-8-13(14)17(21)20-16/h2-8,10,15H,9H2,1H3,(H,22,23)(H,19,20,21). The molecule has 122 valence electrons. The van der Waals surface area contributed by atoms with Gasteiger partial charge in [-0.05, 0) is 23.8 Å². The van der Waals surface area contributed by atoms with Crippen molar-refractivity contribution in [3.05, 3.63) is 75.8 Å². The average molecular weight is 324 g/mol. The average Bonchev–Trinajstić information content (AvgIpc) is 2.60. The Balaban J connectivity index is 2.04. The summed E-state index contributed by atoms with van der Waals surface area (Å²) in [6.45, 7) is 0. The van der Waals surface area contributed by atoms with Crippen LogP contribution in [0.25, 0.3) is 10.9 Å². The third-order valence-corrected chi connectivity index (χ3v) is 3.83.